The SMILES string of the molecule is Cc1cc(F)cc(C)c1S(=O)(=O)N1CCN[C@@H](C)C1. The van der Waals surface area contributed by atoms with E-state index in [2.05, 4.69) is 5.32 Å². The summed E-state index contributed by atoms with van der Waals surface area (Å²) >= 11 is 0. The smallest absolute Gasteiger partial charge is 0.243 e. The molecule has 1 heterocycles. The van der Waals surface area contributed by atoms with Gasteiger partial charge >= 0.3 is 0 Å². The van der Waals surface area contributed by atoms with Crippen LogP contribution in [0.4, 0.5) is 4.39 Å². The van der Waals surface area contributed by atoms with Crippen LogP contribution in [0, 0.1) is 19.7 Å². The molecule has 0 amide bonds. The first-order valence-electron chi connectivity index (χ1n) is 6.32. The Hall–Kier alpha value is -0.980. The van der Waals surface area contributed by atoms with Crippen LogP contribution in [0.1, 0.15) is 18.1 Å². The normalized spacial score (nSPS) is 21.6. The van der Waals surface area contributed by atoms with Crippen LogP contribution in [-0.4, -0.2) is 38.4 Å². The number of piperazine rings is 1. The molecule has 1 aliphatic rings. The fourth-order valence-corrected chi connectivity index (χ4v) is 4.49. The summed E-state index contributed by atoms with van der Waals surface area (Å²) in [6, 6.07) is 2.67. The van der Waals surface area contributed by atoms with E-state index in [1.165, 1.54) is 16.4 Å². The van der Waals surface area contributed by atoms with Gasteiger partial charge in [0.2, 0.25) is 10.0 Å². The van der Waals surface area contributed by atoms with Crippen LogP contribution in [0.25, 0.3) is 0 Å². The molecule has 0 aliphatic carbocycles. The maximum Gasteiger partial charge on any atom is 0.243 e. The Bertz CT molecular complexity index is 563. The van der Waals surface area contributed by atoms with Crippen molar-refractivity contribution < 1.29 is 12.8 Å². The van der Waals surface area contributed by atoms with Crippen LogP contribution >= 0.6 is 0 Å². The molecule has 4 nitrogen and oxygen atoms in total. The predicted molar refractivity (Wildman–Crippen MR) is 72.1 cm³/mol. The fourth-order valence-electron chi connectivity index (χ4n) is 2.55. The van der Waals surface area contributed by atoms with Gasteiger partial charge in [0.25, 0.3) is 0 Å². The Morgan fingerprint density at radius 1 is 1.32 bits per heavy atom. The molecule has 106 valence electrons. The molecule has 0 bridgehead atoms. The van der Waals surface area contributed by atoms with Crippen molar-refractivity contribution in [2.45, 2.75) is 31.7 Å². The molecule has 19 heavy (non-hydrogen) atoms. The van der Waals surface area contributed by atoms with Crippen LogP contribution in [-0.2, 0) is 10.0 Å². The second kappa shape index (κ2) is 5.19. The van der Waals surface area contributed by atoms with Gasteiger partial charge < -0.3 is 5.32 Å². The van der Waals surface area contributed by atoms with Crippen LogP contribution < -0.4 is 5.32 Å². The zero-order valence-corrected chi connectivity index (χ0v) is 12.2. The standard InChI is InChI=1S/C13H19FN2O2S/c1-9-6-12(14)7-10(2)13(9)19(17,18)16-5-4-15-11(3)8-16/h6-7,11,15H,4-5,8H2,1-3H3/t11-/m0/s1. The Labute approximate surface area is 113 Å². The van der Waals surface area contributed by atoms with E-state index in [0.29, 0.717) is 30.8 Å². The number of halogens is 1. The average molecular weight is 286 g/mol. The van der Waals surface area contributed by atoms with Gasteiger partial charge in [-0.05, 0) is 44.0 Å². The molecular formula is C13H19FN2O2S. The lowest BCUT2D eigenvalue weighted by Crippen LogP contribution is -2.51. The van der Waals surface area contributed by atoms with Crippen LogP contribution in [0.15, 0.2) is 17.0 Å². The van der Waals surface area contributed by atoms with E-state index in [9.17, 15) is 12.8 Å². The van der Waals surface area contributed by atoms with E-state index in [0.717, 1.165) is 0 Å². The number of nitrogens with one attached hydrogen (secondary N) is 1. The summed E-state index contributed by atoms with van der Waals surface area (Å²) in [6.45, 7) is 6.75. The molecule has 6 heteroatoms. The van der Waals surface area contributed by atoms with E-state index >= 15 is 0 Å². The third kappa shape index (κ3) is 2.80. The Balaban J connectivity index is 2.45. The summed E-state index contributed by atoms with van der Waals surface area (Å²) in [6.07, 6.45) is 0. The molecule has 2 rings (SSSR count). The van der Waals surface area contributed by atoms with E-state index in [1.807, 2.05) is 6.92 Å². The molecule has 0 spiro atoms. The van der Waals surface area contributed by atoms with Gasteiger partial charge in [0.05, 0.1) is 4.90 Å². The lowest BCUT2D eigenvalue weighted by molar-refractivity contribution is 0.310. The van der Waals surface area contributed by atoms with E-state index in [1.54, 1.807) is 13.8 Å². The van der Waals surface area contributed by atoms with Gasteiger partial charge in [-0.2, -0.15) is 4.31 Å². The number of aryl methyl sites for hydroxylation is 2. The van der Waals surface area contributed by atoms with Crippen molar-refractivity contribution in [2.24, 2.45) is 0 Å². The largest absolute Gasteiger partial charge is 0.312 e. The van der Waals surface area contributed by atoms with Gasteiger partial charge in [-0.1, -0.05) is 0 Å². The monoisotopic (exact) mass is 286 g/mol. The zero-order valence-electron chi connectivity index (χ0n) is 11.4. The van der Waals surface area contributed by atoms with E-state index in [4.69, 9.17) is 0 Å². The van der Waals surface area contributed by atoms with Crippen molar-refractivity contribution in [1.29, 1.82) is 0 Å². The molecular weight excluding hydrogens is 267 g/mol. The van der Waals surface area contributed by atoms with Crippen LogP contribution in [0.2, 0.25) is 0 Å². The second-order valence-electron chi connectivity index (χ2n) is 5.09. The summed E-state index contributed by atoms with van der Waals surface area (Å²) in [5, 5.41) is 3.21. The lowest BCUT2D eigenvalue weighted by atomic mass is 10.1. The minimum Gasteiger partial charge on any atom is -0.312 e. The molecule has 0 unspecified atom stereocenters. The van der Waals surface area contributed by atoms with E-state index in [-0.39, 0.29) is 10.9 Å². The second-order valence-corrected chi connectivity index (χ2v) is 6.96. The van der Waals surface area contributed by atoms with E-state index < -0.39 is 15.8 Å². The Morgan fingerprint density at radius 2 is 1.89 bits per heavy atom. The Morgan fingerprint density at radius 3 is 2.42 bits per heavy atom. The first kappa shape index (κ1) is 14.4. The molecule has 1 aliphatic heterocycles. The first-order chi connectivity index (χ1) is 8.82. The van der Waals surface area contributed by atoms with Crippen molar-refractivity contribution in [3.05, 3.63) is 29.1 Å². The number of hydrogen-bond acceptors (Lipinski definition) is 3. The molecule has 1 aromatic carbocycles. The topological polar surface area (TPSA) is 49.4 Å². The maximum absolute atomic E-state index is 13.3. The van der Waals surface area contributed by atoms with Gasteiger partial charge in [-0.15, -0.1) is 0 Å². The minimum atomic E-state index is -3.55. The lowest BCUT2D eigenvalue weighted by Gasteiger charge is -2.31. The molecule has 1 saturated heterocycles. The minimum absolute atomic E-state index is 0.129. The third-order valence-electron chi connectivity index (χ3n) is 3.35. The highest BCUT2D eigenvalue weighted by Gasteiger charge is 2.30. The van der Waals surface area contributed by atoms with Gasteiger partial charge in [0.1, 0.15) is 5.82 Å². The molecule has 1 aromatic rings. The highest BCUT2D eigenvalue weighted by Crippen LogP contribution is 2.25. The van der Waals surface area contributed by atoms with Crippen LogP contribution in [0.5, 0.6) is 0 Å². The summed E-state index contributed by atoms with van der Waals surface area (Å²) in [7, 11) is -3.55. The van der Waals surface area contributed by atoms with Crippen LogP contribution in [0.3, 0.4) is 0 Å². The molecule has 1 fully saturated rings. The zero-order chi connectivity index (χ0) is 14.2. The van der Waals surface area contributed by atoms with Crippen molar-refractivity contribution in [2.75, 3.05) is 19.6 Å². The molecule has 1 atom stereocenters. The number of hydrogen-bond donors (Lipinski definition) is 1. The number of benzene rings is 1. The quantitative estimate of drug-likeness (QED) is 0.894. The summed E-state index contributed by atoms with van der Waals surface area (Å²) in [5.74, 6) is -0.400. The number of nitrogens with zero attached hydrogens (tertiary/aromatic N) is 1. The van der Waals surface area contributed by atoms with Gasteiger partial charge in [0, 0.05) is 25.7 Å². The maximum atomic E-state index is 13.3. The fraction of sp³-hybridized carbons (Fsp3) is 0.538. The highest BCUT2D eigenvalue weighted by atomic mass is 32.2. The summed E-state index contributed by atoms with van der Waals surface area (Å²) < 4.78 is 40.1. The van der Waals surface area contributed by atoms with Crippen molar-refractivity contribution in [3.63, 3.8) is 0 Å². The highest BCUT2D eigenvalue weighted by molar-refractivity contribution is 7.89. The number of rotatable bonds is 2. The first-order valence-corrected chi connectivity index (χ1v) is 7.76. The predicted octanol–water partition coefficient (Wildman–Crippen LogP) is 1.42. The average Bonchev–Trinajstić information content (AvgIpc) is 2.26. The molecule has 0 saturated carbocycles. The summed E-state index contributed by atoms with van der Waals surface area (Å²) in [4.78, 5) is 0.239. The summed E-state index contributed by atoms with van der Waals surface area (Å²) in [5.41, 5.74) is 0.923. The molecule has 1 N–H and O–H groups in total. The van der Waals surface area contributed by atoms with Crippen molar-refractivity contribution in [3.8, 4) is 0 Å². The molecule has 0 aromatic heterocycles. The Kier molecular flexibility index (Phi) is 3.94. The van der Waals surface area contributed by atoms with Gasteiger partial charge in [-0.3, -0.25) is 0 Å². The van der Waals surface area contributed by atoms with Crippen molar-refractivity contribution in [1.82, 2.24) is 9.62 Å². The van der Waals surface area contributed by atoms with Crippen molar-refractivity contribution >= 4 is 10.0 Å². The van der Waals surface area contributed by atoms with Gasteiger partial charge in [-0.25, -0.2) is 12.8 Å². The van der Waals surface area contributed by atoms with Gasteiger partial charge in [0.15, 0.2) is 0 Å². The number of sulfonamides is 1. The third-order valence-corrected chi connectivity index (χ3v) is 5.53. The molecule has 0 radical (unpaired) electrons.